The molecule has 0 spiro atoms. The number of hydrogen-bond acceptors (Lipinski definition) is 3. The maximum atomic E-state index is 10.9. The molecular formula is C39H48O3. The second kappa shape index (κ2) is 10.5. The van der Waals surface area contributed by atoms with E-state index in [9.17, 15) is 15.3 Å². The summed E-state index contributed by atoms with van der Waals surface area (Å²) >= 11 is 0. The second-order valence-corrected chi connectivity index (χ2v) is 15.1. The largest absolute Gasteiger partial charge is 0.508 e. The summed E-state index contributed by atoms with van der Waals surface area (Å²) in [6.07, 6.45) is 0. The number of phenolic OH excluding ortho intramolecular Hbond substituents is 3. The third-order valence-electron chi connectivity index (χ3n) is 8.47. The van der Waals surface area contributed by atoms with Crippen molar-refractivity contribution in [2.24, 2.45) is 0 Å². The van der Waals surface area contributed by atoms with Crippen LogP contribution in [-0.2, 0) is 16.2 Å². The van der Waals surface area contributed by atoms with Gasteiger partial charge < -0.3 is 15.3 Å². The number of phenols is 3. The number of aromatic hydroxyl groups is 3. The molecule has 0 amide bonds. The molecule has 42 heavy (non-hydrogen) atoms. The molecule has 3 N–H and O–H groups in total. The normalized spacial score (nSPS) is 12.6. The Labute approximate surface area is 252 Å². The first-order valence-electron chi connectivity index (χ1n) is 14.9. The Morgan fingerprint density at radius 2 is 0.571 bits per heavy atom. The molecule has 4 aromatic carbocycles. The van der Waals surface area contributed by atoms with Crippen molar-refractivity contribution in [2.45, 2.75) is 99.3 Å². The zero-order valence-electron chi connectivity index (χ0n) is 27.5. The highest BCUT2D eigenvalue weighted by Crippen LogP contribution is 2.47. The van der Waals surface area contributed by atoms with E-state index < -0.39 is 0 Å². The summed E-state index contributed by atoms with van der Waals surface area (Å²) < 4.78 is 0. The summed E-state index contributed by atoms with van der Waals surface area (Å²) in [4.78, 5) is 0. The average molecular weight is 565 g/mol. The van der Waals surface area contributed by atoms with Gasteiger partial charge in [0, 0.05) is 0 Å². The van der Waals surface area contributed by atoms with Gasteiger partial charge >= 0.3 is 0 Å². The molecule has 0 unspecified atom stereocenters. The second-order valence-electron chi connectivity index (χ2n) is 15.1. The van der Waals surface area contributed by atoms with Crippen LogP contribution in [0.4, 0.5) is 0 Å². The Kier molecular flexibility index (Phi) is 7.82. The molecular weight excluding hydrogens is 516 g/mol. The van der Waals surface area contributed by atoms with Crippen molar-refractivity contribution in [3.63, 3.8) is 0 Å². The van der Waals surface area contributed by atoms with Gasteiger partial charge in [0.2, 0.25) is 0 Å². The fourth-order valence-electron chi connectivity index (χ4n) is 6.08. The minimum Gasteiger partial charge on any atom is -0.508 e. The first-order valence-corrected chi connectivity index (χ1v) is 14.9. The van der Waals surface area contributed by atoms with Gasteiger partial charge in [-0.3, -0.25) is 0 Å². The molecule has 3 nitrogen and oxygen atoms in total. The van der Waals surface area contributed by atoms with E-state index in [-0.39, 0.29) is 33.5 Å². The molecule has 0 heterocycles. The molecule has 0 aliphatic heterocycles. The zero-order valence-corrected chi connectivity index (χ0v) is 27.5. The fraction of sp³-hybridized carbons (Fsp3) is 0.385. The summed E-state index contributed by atoms with van der Waals surface area (Å²) in [5.41, 5.74) is 12.0. The van der Waals surface area contributed by atoms with Gasteiger partial charge in [0.1, 0.15) is 17.2 Å². The molecule has 0 aliphatic carbocycles. The summed E-state index contributed by atoms with van der Waals surface area (Å²) in [5, 5.41) is 32.7. The predicted molar refractivity (Wildman–Crippen MR) is 178 cm³/mol. The Morgan fingerprint density at radius 1 is 0.357 bits per heavy atom. The standard InChI is InChI=1S/C39H48O3/c1-22-34(25-13-28(37(4,5)6)19-31(40)16-25)23(2)36(27-15-30(39(10,11)12)21-33(42)18-27)24(3)35(22)26-14-29(38(7,8)9)20-32(41)17-26/h13-21,40-42H,1-12H3. The lowest BCUT2D eigenvalue weighted by Crippen LogP contribution is -2.12. The van der Waals surface area contributed by atoms with Crippen LogP contribution in [0.15, 0.2) is 54.6 Å². The van der Waals surface area contributed by atoms with Gasteiger partial charge in [0.25, 0.3) is 0 Å². The molecule has 4 aromatic rings. The highest BCUT2D eigenvalue weighted by Gasteiger charge is 2.25. The quantitative estimate of drug-likeness (QED) is 0.232. The lowest BCUT2D eigenvalue weighted by Gasteiger charge is -2.27. The van der Waals surface area contributed by atoms with Crippen LogP contribution < -0.4 is 0 Å². The van der Waals surface area contributed by atoms with Crippen molar-refractivity contribution in [3.8, 4) is 50.6 Å². The molecule has 0 aromatic heterocycles. The van der Waals surface area contributed by atoms with Gasteiger partial charge in [-0.1, -0.05) is 80.5 Å². The van der Waals surface area contributed by atoms with E-state index in [0.29, 0.717) is 0 Å². The van der Waals surface area contributed by atoms with E-state index in [1.54, 1.807) is 0 Å². The molecule has 0 saturated heterocycles. The maximum absolute atomic E-state index is 10.9. The van der Waals surface area contributed by atoms with E-state index in [1.807, 2.05) is 36.4 Å². The first kappa shape index (κ1) is 31.2. The van der Waals surface area contributed by atoms with Crippen molar-refractivity contribution in [2.75, 3.05) is 0 Å². The molecule has 4 rings (SSSR count). The summed E-state index contributed by atoms with van der Waals surface area (Å²) in [7, 11) is 0. The first-order chi connectivity index (χ1) is 19.2. The summed E-state index contributed by atoms with van der Waals surface area (Å²) in [6, 6.07) is 17.6. The lowest BCUT2D eigenvalue weighted by molar-refractivity contribution is 0.471. The van der Waals surface area contributed by atoms with Crippen LogP contribution in [-0.4, -0.2) is 15.3 Å². The lowest BCUT2D eigenvalue weighted by atomic mass is 9.77. The monoisotopic (exact) mass is 564 g/mol. The van der Waals surface area contributed by atoms with Gasteiger partial charge in [-0.05, 0) is 140 Å². The molecule has 0 bridgehead atoms. The summed E-state index contributed by atoms with van der Waals surface area (Å²) in [5.74, 6) is 0.707. The third-order valence-corrected chi connectivity index (χ3v) is 8.47. The Bertz CT molecular complexity index is 1450. The van der Waals surface area contributed by atoms with Gasteiger partial charge in [0.05, 0.1) is 0 Å². The number of rotatable bonds is 3. The van der Waals surface area contributed by atoms with Crippen LogP contribution in [0.5, 0.6) is 17.2 Å². The van der Waals surface area contributed by atoms with E-state index in [1.165, 1.54) is 0 Å². The smallest absolute Gasteiger partial charge is 0.116 e. The number of hydrogen-bond donors (Lipinski definition) is 3. The Balaban J connectivity index is 2.20. The van der Waals surface area contributed by atoms with Crippen LogP contribution in [0.1, 0.15) is 95.7 Å². The zero-order chi connectivity index (χ0) is 31.5. The Morgan fingerprint density at radius 3 is 0.762 bits per heavy atom. The fourth-order valence-corrected chi connectivity index (χ4v) is 6.08. The van der Waals surface area contributed by atoms with Gasteiger partial charge in [-0.2, -0.15) is 0 Å². The molecule has 0 aliphatic rings. The predicted octanol–water partition coefficient (Wildman–Crippen LogP) is 10.6. The molecule has 0 fully saturated rings. The number of benzene rings is 4. The van der Waals surface area contributed by atoms with E-state index in [4.69, 9.17) is 0 Å². The minimum atomic E-state index is -0.148. The van der Waals surface area contributed by atoms with Gasteiger partial charge in [-0.25, -0.2) is 0 Å². The van der Waals surface area contributed by atoms with Crippen LogP contribution >= 0.6 is 0 Å². The van der Waals surface area contributed by atoms with Gasteiger partial charge in [0.15, 0.2) is 0 Å². The van der Waals surface area contributed by atoms with E-state index in [2.05, 4.69) is 101 Å². The van der Waals surface area contributed by atoms with E-state index >= 15 is 0 Å². The Hall–Kier alpha value is -3.72. The highest BCUT2D eigenvalue weighted by molar-refractivity contribution is 5.92. The summed E-state index contributed by atoms with van der Waals surface area (Å²) in [6.45, 7) is 25.8. The van der Waals surface area contributed by atoms with E-state index in [0.717, 1.165) is 66.8 Å². The van der Waals surface area contributed by atoms with Crippen LogP contribution in [0.25, 0.3) is 33.4 Å². The highest BCUT2D eigenvalue weighted by atomic mass is 16.3. The molecule has 0 saturated carbocycles. The van der Waals surface area contributed by atoms with Crippen molar-refractivity contribution in [3.05, 3.63) is 88.0 Å². The van der Waals surface area contributed by atoms with Crippen LogP contribution in [0.3, 0.4) is 0 Å². The minimum absolute atomic E-state index is 0.148. The maximum Gasteiger partial charge on any atom is 0.116 e. The van der Waals surface area contributed by atoms with Crippen molar-refractivity contribution >= 4 is 0 Å². The van der Waals surface area contributed by atoms with Crippen LogP contribution in [0.2, 0.25) is 0 Å². The van der Waals surface area contributed by atoms with Gasteiger partial charge in [-0.15, -0.1) is 0 Å². The van der Waals surface area contributed by atoms with Crippen LogP contribution in [0, 0.1) is 20.8 Å². The topological polar surface area (TPSA) is 60.7 Å². The third kappa shape index (κ3) is 6.07. The van der Waals surface area contributed by atoms with Crippen molar-refractivity contribution in [1.82, 2.24) is 0 Å². The van der Waals surface area contributed by atoms with Crippen molar-refractivity contribution < 1.29 is 15.3 Å². The molecule has 222 valence electrons. The molecule has 0 atom stereocenters. The molecule has 0 radical (unpaired) electrons. The SMILES string of the molecule is Cc1c(-c2cc(O)cc(C(C)(C)C)c2)c(C)c(-c2cc(O)cc(C(C)(C)C)c2)c(C)c1-c1cc(O)cc(C(C)(C)C)c1. The molecule has 3 heteroatoms. The van der Waals surface area contributed by atoms with Crippen molar-refractivity contribution in [1.29, 1.82) is 0 Å². The average Bonchev–Trinajstić information content (AvgIpc) is 2.81.